The van der Waals surface area contributed by atoms with Crippen molar-refractivity contribution < 1.29 is 49.2 Å². The van der Waals surface area contributed by atoms with Gasteiger partial charge in [-0.15, -0.1) is 0 Å². The summed E-state index contributed by atoms with van der Waals surface area (Å²) in [5.41, 5.74) is -0.811. The van der Waals surface area contributed by atoms with Gasteiger partial charge in [0.1, 0.15) is 16.4 Å². The summed E-state index contributed by atoms with van der Waals surface area (Å²) in [5, 5.41) is 10.8. The number of ether oxygens (including phenoxy) is 2. The predicted octanol–water partition coefficient (Wildman–Crippen LogP) is 4.28. The molecule has 31 heavy (non-hydrogen) atoms. The fourth-order valence-electron chi connectivity index (χ4n) is 2.13. The van der Waals surface area contributed by atoms with Crippen LogP contribution in [-0.2, 0) is 10.0 Å². The van der Waals surface area contributed by atoms with E-state index in [1.807, 2.05) is 4.72 Å². The van der Waals surface area contributed by atoms with E-state index in [1.54, 1.807) is 0 Å². The van der Waals surface area contributed by atoms with E-state index in [0.717, 1.165) is 30.3 Å². The molecular formula is C16H12F6N2O6S. The summed E-state index contributed by atoms with van der Waals surface area (Å²) in [6.07, 6.45) is -9.59. The Morgan fingerprint density at radius 2 is 1.55 bits per heavy atom. The van der Waals surface area contributed by atoms with E-state index in [1.165, 1.54) is 0 Å². The minimum Gasteiger partial charge on any atom is -0.484 e. The summed E-state index contributed by atoms with van der Waals surface area (Å²) < 4.78 is 111. The van der Waals surface area contributed by atoms with Crippen LogP contribution in [0.15, 0.2) is 47.4 Å². The lowest BCUT2D eigenvalue weighted by Crippen LogP contribution is -2.22. The minimum atomic E-state index is -4.83. The van der Waals surface area contributed by atoms with Crippen LogP contribution in [0.25, 0.3) is 0 Å². The Balaban J connectivity index is 2.42. The summed E-state index contributed by atoms with van der Waals surface area (Å²) in [7, 11) is -4.76. The van der Waals surface area contributed by atoms with E-state index in [4.69, 9.17) is 0 Å². The molecule has 0 fully saturated rings. The van der Waals surface area contributed by atoms with Crippen molar-refractivity contribution >= 4 is 21.4 Å². The molecule has 0 aliphatic rings. The fraction of sp³-hybridized carbons (Fsp3) is 0.250. The molecule has 0 amide bonds. The van der Waals surface area contributed by atoms with Gasteiger partial charge in [0, 0.05) is 18.2 Å². The van der Waals surface area contributed by atoms with Gasteiger partial charge in [0.25, 0.3) is 15.7 Å². The SMILES string of the molecule is O=[N+]([O-])c1cccc(NS(=O)(=O)c2cc(OCC(F)(F)F)ccc2OCC(F)(F)F)c1. The maximum atomic E-state index is 12.7. The Hall–Kier alpha value is -3.23. The normalized spacial score (nSPS) is 12.3. The first-order valence-electron chi connectivity index (χ1n) is 7.97. The Morgan fingerprint density at radius 1 is 0.935 bits per heavy atom. The van der Waals surface area contributed by atoms with E-state index in [9.17, 15) is 44.9 Å². The highest BCUT2D eigenvalue weighted by Crippen LogP contribution is 2.32. The second-order valence-corrected chi connectivity index (χ2v) is 7.48. The smallest absolute Gasteiger partial charge is 0.422 e. The number of halogens is 6. The second kappa shape index (κ2) is 8.87. The first kappa shape index (κ1) is 24.0. The summed E-state index contributed by atoms with van der Waals surface area (Å²) in [4.78, 5) is 9.03. The highest BCUT2D eigenvalue weighted by Gasteiger charge is 2.31. The van der Waals surface area contributed by atoms with Gasteiger partial charge in [-0.3, -0.25) is 14.8 Å². The molecule has 0 saturated carbocycles. The number of nitrogens with one attached hydrogen (secondary N) is 1. The Labute approximate surface area is 170 Å². The fourth-order valence-corrected chi connectivity index (χ4v) is 3.34. The second-order valence-electron chi connectivity index (χ2n) is 5.83. The summed E-state index contributed by atoms with van der Waals surface area (Å²) >= 11 is 0. The lowest BCUT2D eigenvalue weighted by atomic mass is 10.3. The van der Waals surface area contributed by atoms with Gasteiger partial charge in [0.2, 0.25) is 0 Å². The zero-order valence-electron chi connectivity index (χ0n) is 15.0. The molecule has 2 rings (SSSR count). The number of hydrogen-bond donors (Lipinski definition) is 1. The predicted molar refractivity (Wildman–Crippen MR) is 93.4 cm³/mol. The molecule has 0 aliphatic carbocycles. The quantitative estimate of drug-likeness (QED) is 0.348. The van der Waals surface area contributed by atoms with Gasteiger partial charge in [-0.25, -0.2) is 8.42 Å². The number of rotatable bonds is 8. The number of benzene rings is 2. The highest BCUT2D eigenvalue weighted by atomic mass is 32.2. The van der Waals surface area contributed by atoms with Crippen LogP contribution >= 0.6 is 0 Å². The molecular weight excluding hydrogens is 462 g/mol. The van der Waals surface area contributed by atoms with Crippen molar-refractivity contribution in [1.29, 1.82) is 0 Å². The molecule has 15 heteroatoms. The standard InChI is InChI=1S/C16H12F6N2O6S/c17-15(18,19)8-29-12-4-5-13(30-9-16(20,21)22)14(7-12)31(27,28)23-10-2-1-3-11(6-10)24(25)26/h1-7,23H,8-9H2. The van der Waals surface area contributed by atoms with Crippen molar-refractivity contribution in [3.8, 4) is 11.5 Å². The molecule has 0 aliphatic heterocycles. The molecule has 0 radical (unpaired) electrons. The molecule has 0 atom stereocenters. The summed E-state index contributed by atoms with van der Waals surface area (Å²) in [6, 6.07) is 6.17. The third kappa shape index (κ3) is 7.51. The van der Waals surface area contributed by atoms with Crippen LogP contribution in [0.1, 0.15) is 0 Å². The van der Waals surface area contributed by atoms with Gasteiger partial charge >= 0.3 is 12.4 Å². The zero-order valence-corrected chi connectivity index (χ0v) is 15.8. The van der Waals surface area contributed by atoms with Crippen LogP contribution in [0.4, 0.5) is 37.7 Å². The van der Waals surface area contributed by atoms with Gasteiger partial charge in [0.05, 0.1) is 10.6 Å². The van der Waals surface area contributed by atoms with Crippen LogP contribution < -0.4 is 14.2 Å². The number of nitro benzene ring substituents is 1. The molecule has 2 aromatic rings. The molecule has 2 aromatic carbocycles. The Morgan fingerprint density at radius 3 is 2.13 bits per heavy atom. The molecule has 0 unspecified atom stereocenters. The van der Waals surface area contributed by atoms with Crippen LogP contribution in [0.5, 0.6) is 11.5 Å². The van der Waals surface area contributed by atoms with Gasteiger partial charge < -0.3 is 9.47 Å². The molecule has 1 N–H and O–H groups in total. The number of hydrogen-bond acceptors (Lipinski definition) is 6. The average molecular weight is 474 g/mol. The van der Waals surface area contributed by atoms with E-state index in [-0.39, 0.29) is 5.69 Å². The molecule has 0 saturated heterocycles. The third-order valence-corrected chi connectivity index (χ3v) is 4.71. The highest BCUT2D eigenvalue weighted by molar-refractivity contribution is 7.92. The molecule has 0 spiro atoms. The first-order valence-corrected chi connectivity index (χ1v) is 9.45. The van der Waals surface area contributed by atoms with Gasteiger partial charge in [-0.1, -0.05) is 6.07 Å². The monoisotopic (exact) mass is 474 g/mol. The third-order valence-electron chi connectivity index (χ3n) is 3.31. The lowest BCUT2D eigenvalue weighted by molar-refractivity contribution is -0.384. The molecule has 170 valence electrons. The van der Waals surface area contributed by atoms with Crippen molar-refractivity contribution in [1.82, 2.24) is 0 Å². The van der Waals surface area contributed by atoms with Crippen LogP contribution in [0, 0.1) is 10.1 Å². The van der Waals surface area contributed by atoms with E-state index < -0.39 is 62.6 Å². The number of nitro groups is 1. The van der Waals surface area contributed by atoms with Crippen LogP contribution in [0.3, 0.4) is 0 Å². The van der Waals surface area contributed by atoms with E-state index >= 15 is 0 Å². The van der Waals surface area contributed by atoms with E-state index in [0.29, 0.717) is 12.1 Å². The van der Waals surface area contributed by atoms with Gasteiger partial charge in [0.15, 0.2) is 13.2 Å². The van der Waals surface area contributed by atoms with Crippen molar-refractivity contribution in [2.24, 2.45) is 0 Å². The number of anilines is 1. The number of nitrogens with zero attached hydrogens (tertiary/aromatic N) is 1. The maximum Gasteiger partial charge on any atom is 0.422 e. The van der Waals surface area contributed by atoms with Gasteiger partial charge in [-0.2, -0.15) is 26.3 Å². The number of non-ortho nitro benzene ring substituents is 1. The molecule has 8 nitrogen and oxygen atoms in total. The molecule has 0 aromatic heterocycles. The summed E-state index contributed by atoms with van der Waals surface area (Å²) in [6.45, 7) is -3.66. The first-order chi connectivity index (χ1) is 14.2. The average Bonchev–Trinajstić information content (AvgIpc) is 2.63. The largest absolute Gasteiger partial charge is 0.484 e. The number of alkyl halides is 6. The van der Waals surface area contributed by atoms with Crippen molar-refractivity contribution in [3.05, 3.63) is 52.6 Å². The van der Waals surface area contributed by atoms with Crippen molar-refractivity contribution in [3.63, 3.8) is 0 Å². The van der Waals surface area contributed by atoms with Crippen LogP contribution in [-0.4, -0.2) is 38.9 Å². The van der Waals surface area contributed by atoms with Crippen molar-refractivity contribution in [2.45, 2.75) is 17.2 Å². The zero-order chi connectivity index (χ0) is 23.4. The topological polar surface area (TPSA) is 108 Å². The molecule has 0 heterocycles. The van der Waals surface area contributed by atoms with Crippen molar-refractivity contribution in [2.75, 3.05) is 17.9 Å². The Bertz CT molecular complexity index is 1060. The van der Waals surface area contributed by atoms with E-state index in [2.05, 4.69) is 9.47 Å². The molecule has 0 bridgehead atoms. The maximum absolute atomic E-state index is 12.7. The van der Waals surface area contributed by atoms with Gasteiger partial charge in [-0.05, 0) is 18.2 Å². The number of sulfonamides is 1. The lowest BCUT2D eigenvalue weighted by Gasteiger charge is -2.16. The minimum absolute atomic E-state index is 0.322. The summed E-state index contributed by atoms with van der Waals surface area (Å²) in [5.74, 6) is -1.44. The Kier molecular flexibility index (Phi) is 6.88. The van der Waals surface area contributed by atoms with Crippen LogP contribution in [0.2, 0.25) is 0 Å².